The highest BCUT2D eigenvalue weighted by Gasteiger charge is 2.12. The summed E-state index contributed by atoms with van der Waals surface area (Å²) in [6.07, 6.45) is 7.54. The van der Waals surface area contributed by atoms with Crippen molar-refractivity contribution in [2.45, 2.75) is 52.1 Å². The molecule has 0 spiro atoms. The minimum atomic E-state index is 0.364. The van der Waals surface area contributed by atoms with Crippen LogP contribution in [0.25, 0.3) is 0 Å². The molecule has 1 aliphatic rings. The van der Waals surface area contributed by atoms with E-state index >= 15 is 0 Å². The van der Waals surface area contributed by atoms with Crippen LogP contribution in [0.5, 0.6) is 0 Å². The lowest BCUT2D eigenvalue weighted by atomic mass is 9.89. The maximum atomic E-state index is 5.47. The van der Waals surface area contributed by atoms with E-state index in [-0.39, 0.29) is 0 Å². The molecule has 2 heteroatoms. The van der Waals surface area contributed by atoms with Gasteiger partial charge in [0.25, 0.3) is 0 Å². The average molecular weight is 199 g/mol. The second kappa shape index (κ2) is 7.24. The molecule has 1 N–H and O–H groups in total. The van der Waals surface area contributed by atoms with Crippen molar-refractivity contribution in [2.75, 3.05) is 19.7 Å². The third-order valence-electron chi connectivity index (χ3n) is 3.04. The summed E-state index contributed by atoms with van der Waals surface area (Å²) in [5, 5.41) is 3.51. The lowest BCUT2D eigenvalue weighted by Gasteiger charge is -2.22. The van der Waals surface area contributed by atoms with Crippen LogP contribution in [0.2, 0.25) is 0 Å². The smallest absolute Gasteiger partial charge is 0.0671 e. The zero-order chi connectivity index (χ0) is 10.2. The second-order valence-corrected chi connectivity index (χ2v) is 4.43. The highest BCUT2D eigenvalue weighted by atomic mass is 16.5. The molecule has 0 saturated heterocycles. The third-order valence-corrected chi connectivity index (χ3v) is 3.04. The minimum absolute atomic E-state index is 0.364. The summed E-state index contributed by atoms with van der Waals surface area (Å²) in [5.74, 6) is 0.928. The Morgan fingerprint density at radius 2 is 2.00 bits per heavy atom. The Morgan fingerprint density at radius 1 is 1.29 bits per heavy atom. The van der Waals surface area contributed by atoms with E-state index in [0.29, 0.717) is 6.10 Å². The highest BCUT2D eigenvalue weighted by molar-refractivity contribution is 4.68. The molecule has 1 atom stereocenters. The van der Waals surface area contributed by atoms with Gasteiger partial charge in [-0.1, -0.05) is 19.3 Å². The van der Waals surface area contributed by atoms with Crippen LogP contribution in [0, 0.1) is 5.92 Å². The van der Waals surface area contributed by atoms with Crippen LogP contribution >= 0.6 is 0 Å². The second-order valence-electron chi connectivity index (χ2n) is 4.43. The number of hydrogen-bond donors (Lipinski definition) is 1. The lowest BCUT2D eigenvalue weighted by molar-refractivity contribution is 0.0750. The van der Waals surface area contributed by atoms with Crippen LogP contribution in [-0.2, 0) is 4.74 Å². The van der Waals surface area contributed by atoms with Gasteiger partial charge in [0, 0.05) is 13.2 Å². The molecule has 0 amide bonds. The standard InChI is InChI=1S/C12H25NO/c1-3-14-11(2)9-13-10-12-7-5-4-6-8-12/h11-13H,3-10H2,1-2H3. The van der Waals surface area contributed by atoms with E-state index < -0.39 is 0 Å². The Hall–Kier alpha value is -0.0800. The number of rotatable bonds is 6. The van der Waals surface area contributed by atoms with Gasteiger partial charge in [0.2, 0.25) is 0 Å². The molecule has 0 heterocycles. The first kappa shape index (κ1) is 12.0. The van der Waals surface area contributed by atoms with Gasteiger partial charge in [-0.05, 0) is 39.2 Å². The average Bonchev–Trinajstić information content (AvgIpc) is 2.20. The van der Waals surface area contributed by atoms with Crippen molar-refractivity contribution < 1.29 is 4.74 Å². The molecule has 0 aromatic carbocycles. The van der Waals surface area contributed by atoms with Gasteiger partial charge in [-0.3, -0.25) is 0 Å². The van der Waals surface area contributed by atoms with E-state index in [1.54, 1.807) is 0 Å². The third kappa shape index (κ3) is 4.97. The van der Waals surface area contributed by atoms with Crippen molar-refractivity contribution in [1.82, 2.24) is 5.32 Å². The molecular formula is C12H25NO. The first-order valence-electron chi connectivity index (χ1n) is 6.15. The highest BCUT2D eigenvalue weighted by Crippen LogP contribution is 2.22. The Labute approximate surface area is 88.4 Å². The summed E-state index contributed by atoms with van der Waals surface area (Å²) < 4.78 is 5.47. The predicted molar refractivity (Wildman–Crippen MR) is 60.5 cm³/mol. The van der Waals surface area contributed by atoms with E-state index in [1.165, 1.54) is 38.6 Å². The molecule has 0 aliphatic heterocycles. The van der Waals surface area contributed by atoms with Crippen molar-refractivity contribution >= 4 is 0 Å². The molecule has 2 nitrogen and oxygen atoms in total. The van der Waals surface area contributed by atoms with Gasteiger partial charge in [-0.15, -0.1) is 0 Å². The van der Waals surface area contributed by atoms with Crippen molar-refractivity contribution in [3.05, 3.63) is 0 Å². The molecule has 14 heavy (non-hydrogen) atoms. The van der Waals surface area contributed by atoms with Crippen molar-refractivity contribution in [2.24, 2.45) is 5.92 Å². The molecule has 1 fully saturated rings. The van der Waals surface area contributed by atoms with E-state index in [9.17, 15) is 0 Å². The van der Waals surface area contributed by atoms with Gasteiger partial charge in [-0.25, -0.2) is 0 Å². The number of ether oxygens (including phenoxy) is 1. The summed E-state index contributed by atoms with van der Waals surface area (Å²) >= 11 is 0. The van der Waals surface area contributed by atoms with E-state index in [2.05, 4.69) is 19.2 Å². The fourth-order valence-electron chi connectivity index (χ4n) is 2.23. The summed E-state index contributed by atoms with van der Waals surface area (Å²) in [6, 6.07) is 0. The summed E-state index contributed by atoms with van der Waals surface area (Å²) in [4.78, 5) is 0. The van der Waals surface area contributed by atoms with Gasteiger partial charge in [0.15, 0.2) is 0 Å². The van der Waals surface area contributed by atoms with Crippen LogP contribution in [-0.4, -0.2) is 25.8 Å². The monoisotopic (exact) mass is 199 g/mol. The molecule has 0 bridgehead atoms. The maximum absolute atomic E-state index is 5.47. The van der Waals surface area contributed by atoms with Crippen LogP contribution in [0.4, 0.5) is 0 Å². The van der Waals surface area contributed by atoms with Gasteiger partial charge in [0.1, 0.15) is 0 Å². The molecule has 0 radical (unpaired) electrons. The molecule has 0 aromatic rings. The largest absolute Gasteiger partial charge is 0.377 e. The van der Waals surface area contributed by atoms with E-state index in [1.807, 2.05) is 0 Å². The molecule has 1 unspecified atom stereocenters. The maximum Gasteiger partial charge on any atom is 0.0671 e. The molecular weight excluding hydrogens is 174 g/mol. The van der Waals surface area contributed by atoms with Crippen molar-refractivity contribution in [1.29, 1.82) is 0 Å². The van der Waals surface area contributed by atoms with E-state index in [0.717, 1.165) is 19.1 Å². The first-order chi connectivity index (χ1) is 6.83. The summed E-state index contributed by atoms with van der Waals surface area (Å²) in [5.41, 5.74) is 0. The van der Waals surface area contributed by atoms with Crippen LogP contribution in [0.3, 0.4) is 0 Å². The van der Waals surface area contributed by atoms with Gasteiger partial charge in [-0.2, -0.15) is 0 Å². The van der Waals surface area contributed by atoms with Gasteiger partial charge >= 0.3 is 0 Å². The quantitative estimate of drug-likeness (QED) is 0.710. The van der Waals surface area contributed by atoms with Gasteiger partial charge < -0.3 is 10.1 Å². The molecule has 1 aliphatic carbocycles. The van der Waals surface area contributed by atoms with Crippen LogP contribution in [0.1, 0.15) is 46.0 Å². The molecule has 84 valence electrons. The van der Waals surface area contributed by atoms with Gasteiger partial charge in [0.05, 0.1) is 6.10 Å². The number of nitrogens with one attached hydrogen (secondary N) is 1. The lowest BCUT2D eigenvalue weighted by Crippen LogP contribution is -2.31. The van der Waals surface area contributed by atoms with Crippen LogP contribution in [0.15, 0.2) is 0 Å². The minimum Gasteiger partial charge on any atom is -0.377 e. The topological polar surface area (TPSA) is 21.3 Å². The normalized spacial score (nSPS) is 21.0. The van der Waals surface area contributed by atoms with Crippen molar-refractivity contribution in [3.63, 3.8) is 0 Å². The Balaban J connectivity index is 1.96. The SMILES string of the molecule is CCOC(C)CNCC1CCCCC1. The fraction of sp³-hybridized carbons (Fsp3) is 1.00. The Kier molecular flexibility index (Phi) is 6.20. The van der Waals surface area contributed by atoms with Crippen LogP contribution < -0.4 is 5.32 Å². The predicted octanol–water partition coefficient (Wildman–Crippen LogP) is 2.58. The number of hydrogen-bond acceptors (Lipinski definition) is 2. The summed E-state index contributed by atoms with van der Waals surface area (Å²) in [6.45, 7) is 7.21. The Bertz CT molecular complexity index is 132. The summed E-state index contributed by atoms with van der Waals surface area (Å²) in [7, 11) is 0. The fourth-order valence-corrected chi connectivity index (χ4v) is 2.23. The van der Waals surface area contributed by atoms with E-state index in [4.69, 9.17) is 4.74 Å². The molecule has 1 rings (SSSR count). The Morgan fingerprint density at radius 3 is 2.64 bits per heavy atom. The first-order valence-corrected chi connectivity index (χ1v) is 6.15. The van der Waals surface area contributed by atoms with Crippen molar-refractivity contribution in [3.8, 4) is 0 Å². The zero-order valence-corrected chi connectivity index (χ0v) is 9.72. The zero-order valence-electron chi connectivity index (χ0n) is 9.72. The molecule has 0 aromatic heterocycles. The molecule has 1 saturated carbocycles.